The number of amides is 1. The maximum absolute atomic E-state index is 12.5. The molecule has 0 spiro atoms. The van der Waals surface area contributed by atoms with Crippen LogP contribution in [0.3, 0.4) is 0 Å². The lowest BCUT2D eigenvalue weighted by Crippen LogP contribution is -2.49. The highest BCUT2D eigenvalue weighted by atomic mass is 16.4. The van der Waals surface area contributed by atoms with Crippen LogP contribution in [0.1, 0.15) is 42.1 Å². The second-order valence-corrected chi connectivity index (χ2v) is 5.62. The number of likely N-dealkylation sites (tertiary alicyclic amines) is 1. The predicted octanol–water partition coefficient (Wildman–Crippen LogP) is 1.90. The highest BCUT2D eigenvalue weighted by Crippen LogP contribution is 2.34. The number of piperidine rings is 1. The van der Waals surface area contributed by atoms with E-state index in [1.165, 1.54) is 0 Å². The van der Waals surface area contributed by atoms with Crippen molar-refractivity contribution in [1.29, 1.82) is 0 Å². The lowest BCUT2D eigenvalue weighted by Gasteiger charge is -2.39. The molecule has 1 amide bonds. The van der Waals surface area contributed by atoms with Gasteiger partial charge in [0, 0.05) is 18.7 Å². The summed E-state index contributed by atoms with van der Waals surface area (Å²) in [6.07, 6.45) is 1.85. The normalized spacial score (nSPS) is 22.1. The van der Waals surface area contributed by atoms with Crippen LogP contribution >= 0.6 is 0 Å². The maximum Gasteiger partial charge on any atom is 0.311 e. The number of carboxylic acid groups (broad SMARTS) is 1. The SMILES string of the molecule is CCC1(C(=O)O)CCCN(C(=O)c2ccc(CO)cc2)C1. The first-order chi connectivity index (χ1) is 10.0. The number of carbonyl (C=O) groups is 2. The van der Waals surface area contributed by atoms with Crippen molar-refractivity contribution in [2.75, 3.05) is 13.1 Å². The van der Waals surface area contributed by atoms with Gasteiger partial charge in [0.15, 0.2) is 0 Å². The van der Waals surface area contributed by atoms with E-state index in [1.54, 1.807) is 29.2 Å². The molecule has 2 N–H and O–H groups in total. The Hall–Kier alpha value is -1.88. The van der Waals surface area contributed by atoms with E-state index in [9.17, 15) is 14.7 Å². The van der Waals surface area contributed by atoms with Gasteiger partial charge in [0.25, 0.3) is 5.91 Å². The number of hydrogen-bond acceptors (Lipinski definition) is 3. The van der Waals surface area contributed by atoms with Crippen molar-refractivity contribution in [2.45, 2.75) is 32.8 Å². The smallest absolute Gasteiger partial charge is 0.311 e. The number of aliphatic carboxylic acids is 1. The highest BCUT2D eigenvalue weighted by molar-refractivity contribution is 5.94. The molecule has 2 rings (SSSR count). The zero-order valence-electron chi connectivity index (χ0n) is 12.2. The van der Waals surface area contributed by atoms with Crippen LogP contribution in [-0.2, 0) is 11.4 Å². The summed E-state index contributed by atoms with van der Waals surface area (Å²) < 4.78 is 0. The molecular formula is C16H21NO4. The number of carbonyl (C=O) groups excluding carboxylic acids is 1. The number of benzene rings is 1. The molecule has 0 aliphatic carbocycles. The molecule has 1 saturated heterocycles. The van der Waals surface area contributed by atoms with Gasteiger partial charge in [-0.2, -0.15) is 0 Å². The third-order valence-corrected chi connectivity index (χ3v) is 4.38. The van der Waals surface area contributed by atoms with E-state index >= 15 is 0 Å². The fraction of sp³-hybridized carbons (Fsp3) is 0.500. The molecule has 0 radical (unpaired) electrons. The zero-order chi connectivity index (χ0) is 15.5. The van der Waals surface area contributed by atoms with Crippen LogP contribution < -0.4 is 0 Å². The first-order valence-corrected chi connectivity index (χ1v) is 7.25. The van der Waals surface area contributed by atoms with Gasteiger partial charge in [-0.15, -0.1) is 0 Å². The number of rotatable bonds is 4. The summed E-state index contributed by atoms with van der Waals surface area (Å²) in [6, 6.07) is 6.77. The molecule has 0 bridgehead atoms. The second kappa shape index (κ2) is 6.26. The van der Waals surface area contributed by atoms with E-state index in [1.807, 2.05) is 6.92 Å². The van der Waals surface area contributed by atoms with Gasteiger partial charge < -0.3 is 15.1 Å². The number of aliphatic hydroxyl groups excluding tert-OH is 1. The van der Waals surface area contributed by atoms with Gasteiger partial charge >= 0.3 is 5.97 Å². The molecule has 114 valence electrons. The van der Waals surface area contributed by atoms with Crippen molar-refractivity contribution in [3.05, 3.63) is 35.4 Å². The van der Waals surface area contributed by atoms with Crippen molar-refractivity contribution in [3.8, 4) is 0 Å². The molecule has 1 aliphatic rings. The van der Waals surface area contributed by atoms with Crippen LogP contribution in [0.2, 0.25) is 0 Å². The third kappa shape index (κ3) is 3.08. The molecule has 0 saturated carbocycles. The zero-order valence-corrected chi connectivity index (χ0v) is 12.2. The largest absolute Gasteiger partial charge is 0.481 e. The van der Waals surface area contributed by atoms with E-state index in [0.717, 1.165) is 5.56 Å². The Kier molecular flexibility index (Phi) is 4.63. The summed E-state index contributed by atoms with van der Waals surface area (Å²) in [7, 11) is 0. The molecule has 1 aromatic carbocycles. The molecular weight excluding hydrogens is 270 g/mol. The molecule has 1 aliphatic heterocycles. The molecule has 1 unspecified atom stereocenters. The van der Waals surface area contributed by atoms with E-state index in [4.69, 9.17) is 5.11 Å². The Bertz CT molecular complexity index is 526. The summed E-state index contributed by atoms with van der Waals surface area (Å²) in [4.78, 5) is 25.7. The van der Waals surface area contributed by atoms with Crippen molar-refractivity contribution >= 4 is 11.9 Å². The number of nitrogens with zero attached hydrogens (tertiary/aromatic N) is 1. The summed E-state index contributed by atoms with van der Waals surface area (Å²) in [5, 5.41) is 18.5. The predicted molar refractivity (Wildman–Crippen MR) is 77.9 cm³/mol. The lowest BCUT2D eigenvalue weighted by molar-refractivity contribution is -0.152. The van der Waals surface area contributed by atoms with E-state index < -0.39 is 11.4 Å². The third-order valence-electron chi connectivity index (χ3n) is 4.38. The Morgan fingerprint density at radius 3 is 2.48 bits per heavy atom. The van der Waals surface area contributed by atoms with Crippen LogP contribution in [0, 0.1) is 5.41 Å². The molecule has 5 nitrogen and oxygen atoms in total. The standard InChI is InChI=1S/C16H21NO4/c1-2-16(15(20)21)8-3-9-17(11-16)14(19)13-6-4-12(10-18)5-7-13/h4-7,18H,2-3,8-11H2,1H3,(H,20,21). The highest BCUT2D eigenvalue weighted by Gasteiger charge is 2.42. The first kappa shape index (κ1) is 15.5. The first-order valence-electron chi connectivity index (χ1n) is 7.25. The Labute approximate surface area is 124 Å². The van der Waals surface area contributed by atoms with Crippen molar-refractivity contribution in [2.24, 2.45) is 5.41 Å². The minimum atomic E-state index is -0.821. The number of carboxylic acids is 1. The van der Waals surface area contributed by atoms with Gasteiger partial charge in [-0.3, -0.25) is 9.59 Å². The monoisotopic (exact) mass is 291 g/mol. The quantitative estimate of drug-likeness (QED) is 0.888. The fourth-order valence-corrected chi connectivity index (χ4v) is 2.85. The van der Waals surface area contributed by atoms with Gasteiger partial charge in [-0.25, -0.2) is 0 Å². The molecule has 1 atom stereocenters. The molecule has 1 heterocycles. The van der Waals surface area contributed by atoms with E-state index in [0.29, 0.717) is 31.4 Å². The number of hydrogen-bond donors (Lipinski definition) is 2. The second-order valence-electron chi connectivity index (χ2n) is 5.62. The summed E-state index contributed by atoms with van der Waals surface area (Å²) in [5.74, 6) is -0.962. The fourth-order valence-electron chi connectivity index (χ4n) is 2.85. The molecule has 1 aromatic rings. The Balaban J connectivity index is 2.16. The molecule has 5 heteroatoms. The van der Waals surface area contributed by atoms with Gasteiger partial charge in [0.2, 0.25) is 0 Å². The van der Waals surface area contributed by atoms with Gasteiger partial charge in [0.05, 0.1) is 12.0 Å². The summed E-state index contributed by atoms with van der Waals surface area (Å²) in [6.45, 7) is 2.66. The molecule has 21 heavy (non-hydrogen) atoms. The van der Waals surface area contributed by atoms with Gasteiger partial charge in [0.1, 0.15) is 0 Å². The van der Waals surface area contributed by atoms with Crippen molar-refractivity contribution in [3.63, 3.8) is 0 Å². The van der Waals surface area contributed by atoms with Crippen molar-refractivity contribution < 1.29 is 19.8 Å². The minimum Gasteiger partial charge on any atom is -0.481 e. The van der Waals surface area contributed by atoms with E-state index in [2.05, 4.69) is 0 Å². The minimum absolute atomic E-state index is 0.0594. The summed E-state index contributed by atoms with van der Waals surface area (Å²) >= 11 is 0. The molecule has 0 aromatic heterocycles. The van der Waals surface area contributed by atoms with Crippen LogP contribution in [0.15, 0.2) is 24.3 Å². The average molecular weight is 291 g/mol. The van der Waals surface area contributed by atoms with Crippen LogP contribution in [0.4, 0.5) is 0 Å². The van der Waals surface area contributed by atoms with Crippen LogP contribution in [0.5, 0.6) is 0 Å². The number of aliphatic hydroxyl groups is 1. The average Bonchev–Trinajstić information content (AvgIpc) is 2.54. The lowest BCUT2D eigenvalue weighted by atomic mass is 9.77. The van der Waals surface area contributed by atoms with Crippen molar-refractivity contribution in [1.82, 2.24) is 4.90 Å². The topological polar surface area (TPSA) is 77.8 Å². The summed E-state index contributed by atoms with van der Waals surface area (Å²) in [5.41, 5.74) is 0.460. The van der Waals surface area contributed by atoms with E-state index in [-0.39, 0.29) is 19.1 Å². The Morgan fingerprint density at radius 2 is 1.95 bits per heavy atom. The van der Waals surface area contributed by atoms with Crippen LogP contribution in [-0.4, -0.2) is 40.1 Å². The maximum atomic E-state index is 12.5. The molecule has 1 fully saturated rings. The Morgan fingerprint density at radius 1 is 1.29 bits per heavy atom. The van der Waals surface area contributed by atoms with Gasteiger partial charge in [-0.05, 0) is 37.0 Å². The van der Waals surface area contributed by atoms with Gasteiger partial charge in [-0.1, -0.05) is 19.1 Å². The van der Waals surface area contributed by atoms with Crippen LogP contribution in [0.25, 0.3) is 0 Å².